The van der Waals surface area contributed by atoms with Crippen molar-refractivity contribution < 1.29 is 24.2 Å². The van der Waals surface area contributed by atoms with Gasteiger partial charge in [0.15, 0.2) is 0 Å². The summed E-state index contributed by atoms with van der Waals surface area (Å²) in [6, 6.07) is 0. The molecule has 1 atom stereocenters. The smallest absolute Gasteiger partial charge is 0.341 e. The lowest BCUT2D eigenvalue weighted by Crippen LogP contribution is -2.20. The number of esters is 1. The molecule has 24 heavy (non-hydrogen) atoms. The van der Waals surface area contributed by atoms with Crippen LogP contribution in [-0.2, 0) is 27.2 Å². The van der Waals surface area contributed by atoms with Crippen LogP contribution in [0.25, 0.3) is 0 Å². The number of carbonyl (C=O) groups excluding carboxylic acids is 3. The highest BCUT2D eigenvalue weighted by molar-refractivity contribution is 7.17. The minimum Gasteiger partial charge on any atom is -0.545 e. The van der Waals surface area contributed by atoms with Crippen molar-refractivity contribution in [3.63, 3.8) is 0 Å². The van der Waals surface area contributed by atoms with Gasteiger partial charge in [-0.3, -0.25) is 4.79 Å². The van der Waals surface area contributed by atoms with Crippen molar-refractivity contribution in [2.75, 3.05) is 11.9 Å². The molecule has 7 heteroatoms. The van der Waals surface area contributed by atoms with Crippen molar-refractivity contribution in [2.45, 2.75) is 39.5 Å². The van der Waals surface area contributed by atoms with Crippen LogP contribution in [0.2, 0.25) is 0 Å². The van der Waals surface area contributed by atoms with Gasteiger partial charge in [-0.1, -0.05) is 13.3 Å². The van der Waals surface area contributed by atoms with E-state index < -0.39 is 17.8 Å². The number of amides is 1. The van der Waals surface area contributed by atoms with E-state index in [9.17, 15) is 19.5 Å². The van der Waals surface area contributed by atoms with E-state index in [4.69, 9.17) is 4.74 Å². The van der Waals surface area contributed by atoms with Crippen molar-refractivity contribution in [1.29, 1.82) is 0 Å². The van der Waals surface area contributed by atoms with E-state index in [0.29, 0.717) is 22.6 Å². The zero-order chi connectivity index (χ0) is 17.7. The van der Waals surface area contributed by atoms with Crippen molar-refractivity contribution in [3.05, 3.63) is 28.2 Å². The van der Waals surface area contributed by atoms with Gasteiger partial charge in [0.1, 0.15) is 5.00 Å². The maximum Gasteiger partial charge on any atom is 0.341 e. The summed E-state index contributed by atoms with van der Waals surface area (Å²) in [5.74, 6) is -1.95. The van der Waals surface area contributed by atoms with Crippen LogP contribution in [0.5, 0.6) is 0 Å². The maximum atomic E-state index is 12.3. The minimum absolute atomic E-state index is 0.249. The van der Waals surface area contributed by atoms with Gasteiger partial charge in [-0.05, 0) is 43.7 Å². The number of hydrogen-bond donors (Lipinski definition) is 1. The normalized spacial score (nSPS) is 16.7. The van der Waals surface area contributed by atoms with Crippen LogP contribution in [0.4, 0.5) is 5.00 Å². The molecular weight excluding hydrogens is 330 g/mol. The molecule has 2 rings (SSSR count). The third-order valence-corrected chi connectivity index (χ3v) is 5.20. The summed E-state index contributed by atoms with van der Waals surface area (Å²) in [6.07, 6.45) is 5.27. The third-order valence-electron chi connectivity index (χ3n) is 4.03. The number of fused-ring (bicyclic) bond motifs is 1. The van der Waals surface area contributed by atoms with Crippen LogP contribution in [0.15, 0.2) is 12.2 Å². The fourth-order valence-electron chi connectivity index (χ4n) is 2.81. The zero-order valence-electron chi connectivity index (χ0n) is 13.7. The number of rotatable bonds is 6. The summed E-state index contributed by atoms with van der Waals surface area (Å²) in [5.41, 5.74) is 1.35. The monoisotopic (exact) mass is 350 g/mol. The van der Waals surface area contributed by atoms with Gasteiger partial charge in [0.05, 0.1) is 18.1 Å². The molecule has 0 fully saturated rings. The van der Waals surface area contributed by atoms with E-state index in [2.05, 4.69) is 12.2 Å². The van der Waals surface area contributed by atoms with Crippen molar-refractivity contribution in [1.82, 2.24) is 0 Å². The Morgan fingerprint density at radius 3 is 2.71 bits per heavy atom. The van der Waals surface area contributed by atoms with E-state index in [1.165, 1.54) is 11.3 Å². The topological polar surface area (TPSA) is 95.5 Å². The zero-order valence-corrected chi connectivity index (χ0v) is 14.5. The van der Waals surface area contributed by atoms with Crippen molar-refractivity contribution in [3.8, 4) is 0 Å². The first kappa shape index (κ1) is 18.2. The highest BCUT2D eigenvalue weighted by Crippen LogP contribution is 2.40. The number of thiophene rings is 1. The fraction of sp³-hybridized carbons (Fsp3) is 0.471. The average molecular weight is 350 g/mol. The highest BCUT2D eigenvalue weighted by atomic mass is 32.1. The summed E-state index contributed by atoms with van der Waals surface area (Å²) in [6.45, 7) is 4.12. The number of aliphatic carboxylic acids is 1. The van der Waals surface area contributed by atoms with Crippen LogP contribution in [0.1, 0.15) is 47.5 Å². The van der Waals surface area contributed by atoms with E-state index in [0.717, 1.165) is 42.2 Å². The quantitative estimate of drug-likeness (QED) is 0.622. The summed E-state index contributed by atoms with van der Waals surface area (Å²) < 4.78 is 5.12. The number of carboxylic acid groups (broad SMARTS) is 1. The second kappa shape index (κ2) is 8.10. The molecule has 0 aromatic carbocycles. The van der Waals surface area contributed by atoms with E-state index in [-0.39, 0.29) is 6.61 Å². The first-order valence-electron chi connectivity index (χ1n) is 7.97. The van der Waals surface area contributed by atoms with Gasteiger partial charge in [0.2, 0.25) is 5.91 Å². The summed E-state index contributed by atoms with van der Waals surface area (Å²) in [5, 5.41) is 13.4. The molecule has 130 valence electrons. The molecule has 0 spiro atoms. The second-order valence-electron chi connectivity index (χ2n) is 5.59. The summed E-state index contributed by atoms with van der Waals surface area (Å²) in [7, 11) is 0. The van der Waals surface area contributed by atoms with E-state index >= 15 is 0 Å². The molecular formula is C17H20NO5S-. The van der Waals surface area contributed by atoms with Gasteiger partial charge in [-0.25, -0.2) is 4.79 Å². The lowest BCUT2D eigenvalue weighted by Gasteiger charge is -2.20. The van der Waals surface area contributed by atoms with Gasteiger partial charge in [0.25, 0.3) is 0 Å². The predicted molar refractivity (Wildman–Crippen MR) is 88.9 cm³/mol. The van der Waals surface area contributed by atoms with Gasteiger partial charge in [0, 0.05) is 11.0 Å². The lowest BCUT2D eigenvalue weighted by atomic mass is 9.85. The second-order valence-corrected chi connectivity index (χ2v) is 6.69. The maximum absolute atomic E-state index is 12.3. The van der Waals surface area contributed by atoms with Crippen LogP contribution in [0.3, 0.4) is 0 Å². The number of carboxylic acids is 1. The Morgan fingerprint density at radius 2 is 2.08 bits per heavy atom. The molecule has 1 N–H and O–H groups in total. The average Bonchev–Trinajstić information content (AvgIpc) is 2.89. The molecule has 6 nitrogen and oxygen atoms in total. The first-order valence-corrected chi connectivity index (χ1v) is 8.79. The minimum atomic E-state index is -1.45. The fourth-order valence-corrected chi connectivity index (χ4v) is 4.16. The molecule has 1 aromatic heterocycles. The van der Waals surface area contributed by atoms with Gasteiger partial charge in [-0.15, -0.1) is 11.3 Å². The van der Waals surface area contributed by atoms with Crippen molar-refractivity contribution in [2.24, 2.45) is 5.92 Å². The van der Waals surface area contributed by atoms with E-state index in [1.54, 1.807) is 6.92 Å². The Kier molecular flexibility index (Phi) is 6.14. The number of hydrogen-bond acceptors (Lipinski definition) is 6. The van der Waals surface area contributed by atoms with Gasteiger partial charge < -0.3 is 20.0 Å². The number of ether oxygens (including phenoxy) is 1. The largest absolute Gasteiger partial charge is 0.545 e. The molecule has 0 saturated carbocycles. The molecule has 1 aliphatic rings. The summed E-state index contributed by atoms with van der Waals surface area (Å²) >= 11 is 1.37. The standard InChI is InChI=1S/C17H21NO5S/c1-3-10-5-6-11-12(9-10)24-16(15(11)17(22)23-4-2)18-13(19)7-8-14(20)21/h7-8,10H,3-6,9H2,1-2H3,(H,18,19)(H,20,21)/p-1. The van der Waals surface area contributed by atoms with Gasteiger partial charge >= 0.3 is 5.97 Å². The third kappa shape index (κ3) is 4.23. The van der Waals surface area contributed by atoms with Gasteiger partial charge in [-0.2, -0.15) is 0 Å². The van der Waals surface area contributed by atoms with E-state index in [1.807, 2.05) is 0 Å². The van der Waals surface area contributed by atoms with Crippen LogP contribution < -0.4 is 10.4 Å². The Hall–Kier alpha value is -2.15. The van der Waals surface area contributed by atoms with Crippen LogP contribution in [-0.4, -0.2) is 24.5 Å². The molecule has 1 amide bonds. The predicted octanol–water partition coefficient (Wildman–Crippen LogP) is 1.68. The Balaban J connectivity index is 2.32. The molecule has 1 aliphatic carbocycles. The first-order chi connectivity index (χ1) is 11.5. The highest BCUT2D eigenvalue weighted by Gasteiger charge is 2.29. The molecule has 1 heterocycles. The number of nitrogens with one attached hydrogen (secondary N) is 1. The van der Waals surface area contributed by atoms with Crippen LogP contribution in [0, 0.1) is 5.92 Å². The molecule has 0 saturated heterocycles. The molecule has 1 aromatic rings. The van der Waals surface area contributed by atoms with Crippen molar-refractivity contribution >= 4 is 34.2 Å². The number of carbonyl (C=O) groups is 3. The molecule has 0 aliphatic heterocycles. The Labute approximate surface area is 144 Å². The summed E-state index contributed by atoms with van der Waals surface area (Å²) in [4.78, 5) is 35.6. The number of anilines is 1. The molecule has 0 bridgehead atoms. The SMILES string of the molecule is CCOC(=O)c1c(NC(=O)C=CC(=O)[O-])sc2c1CCC(CC)C2. The molecule has 1 unspecified atom stereocenters. The van der Waals surface area contributed by atoms with Crippen LogP contribution >= 0.6 is 11.3 Å². The molecule has 0 radical (unpaired) electrons. The lowest BCUT2D eigenvalue weighted by molar-refractivity contribution is -0.297. The Morgan fingerprint density at radius 1 is 1.33 bits per heavy atom. The Bertz CT molecular complexity index is 677.